The fourth-order valence-electron chi connectivity index (χ4n) is 3.28. The quantitative estimate of drug-likeness (QED) is 0.358. The molecular formula is C24H23BrN2O2. The molecule has 5 heteroatoms. The number of hydrogen-bond donors (Lipinski definition) is 1. The Morgan fingerprint density at radius 1 is 1.00 bits per heavy atom. The average Bonchev–Trinajstić information content (AvgIpc) is 3.14. The van der Waals surface area contributed by atoms with Gasteiger partial charge in [-0.2, -0.15) is 0 Å². The first-order valence-corrected chi connectivity index (χ1v) is 10.5. The molecule has 1 N–H and O–H groups in total. The highest BCUT2D eigenvalue weighted by molar-refractivity contribution is 9.10. The number of nitrogens with zero attached hydrogens (tertiary/aromatic N) is 1. The topological polar surface area (TPSA) is 47.1 Å². The zero-order valence-corrected chi connectivity index (χ0v) is 18.1. The van der Waals surface area contributed by atoms with E-state index >= 15 is 0 Å². The van der Waals surface area contributed by atoms with Crippen molar-refractivity contribution in [2.24, 2.45) is 0 Å². The van der Waals surface area contributed by atoms with E-state index in [-0.39, 0.29) is 0 Å². The maximum atomic E-state index is 6.09. The van der Waals surface area contributed by atoms with Crippen LogP contribution < -0.4 is 9.47 Å². The van der Waals surface area contributed by atoms with Crippen molar-refractivity contribution in [3.8, 4) is 22.9 Å². The number of hydrogen-bond acceptors (Lipinski definition) is 3. The smallest absolute Gasteiger partial charge is 0.175 e. The predicted molar refractivity (Wildman–Crippen MR) is 121 cm³/mol. The number of halogens is 1. The summed E-state index contributed by atoms with van der Waals surface area (Å²) in [5.41, 5.74) is 5.37. The molecule has 0 aliphatic carbocycles. The Labute approximate surface area is 179 Å². The third kappa shape index (κ3) is 4.46. The number of H-pyrrole nitrogens is 1. The molecule has 148 valence electrons. The lowest BCUT2D eigenvalue weighted by atomic mass is 10.1. The SMILES string of the molecule is CCOc1cc(-c2nc3ccc(C)cc3[nH]2)cc(Br)c1OCCc1ccccc1. The van der Waals surface area contributed by atoms with Crippen LogP contribution in [0.2, 0.25) is 0 Å². The van der Waals surface area contributed by atoms with E-state index in [0.717, 1.165) is 39.1 Å². The Bertz CT molecular complexity index is 1120. The molecule has 0 fully saturated rings. The third-order valence-electron chi connectivity index (χ3n) is 4.70. The van der Waals surface area contributed by atoms with Crippen molar-refractivity contribution in [1.29, 1.82) is 0 Å². The summed E-state index contributed by atoms with van der Waals surface area (Å²) < 4.78 is 12.8. The number of imidazole rings is 1. The summed E-state index contributed by atoms with van der Waals surface area (Å²) in [6.07, 6.45) is 0.837. The Kier molecular flexibility index (Phi) is 5.86. The van der Waals surface area contributed by atoms with Crippen molar-refractivity contribution in [2.45, 2.75) is 20.3 Å². The Balaban J connectivity index is 1.61. The second-order valence-electron chi connectivity index (χ2n) is 6.91. The highest BCUT2D eigenvalue weighted by atomic mass is 79.9. The normalized spacial score (nSPS) is 11.0. The van der Waals surface area contributed by atoms with Crippen molar-refractivity contribution in [3.05, 3.63) is 76.3 Å². The summed E-state index contributed by atoms with van der Waals surface area (Å²) in [5.74, 6) is 2.24. The number of nitrogens with one attached hydrogen (secondary N) is 1. The molecule has 0 atom stereocenters. The van der Waals surface area contributed by atoms with E-state index < -0.39 is 0 Å². The Morgan fingerprint density at radius 3 is 2.62 bits per heavy atom. The Morgan fingerprint density at radius 2 is 1.83 bits per heavy atom. The molecule has 4 nitrogen and oxygen atoms in total. The van der Waals surface area contributed by atoms with E-state index in [9.17, 15) is 0 Å². The van der Waals surface area contributed by atoms with Crippen molar-refractivity contribution in [3.63, 3.8) is 0 Å². The molecule has 0 radical (unpaired) electrons. The molecule has 29 heavy (non-hydrogen) atoms. The maximum Gasteiger partial charge on any atom is 0.175 e. The van der Waals surface area contributed by atoms with Crippen molar-refractivity contribution in [2.75, 3.05) is 13.2 Å². The molecule has 0 unspecified atom stereocenters. The second kappa shape index (κ2) is 8.70. The van der Waals surface area contributed by atoms with Crippen LogP contribution in [0.25, 0.3) is 22.4 Å². The van der Waals surface area contributed by atoms with Gasteiger partial charge in [-0.15, -0.1) is 0 Å². The Hall–Kier alpha value is -2.79. The molecule has 4 rings (SSSR count). The summed E-state index contributed by atoms with van der Waals surface area (Å²) in [6.45, 7) is 5.18. The van der Waals surface area contributed by atoms with Gasteiger partial charge < -0.3 is 14.5 Å². The molecule has 0 saturated heterocycles. The summed E-state index contributed by atoms with van der Waals surface area (Å²) in [7, 11) is 0. The number of benzene rings is 3. The summed E-state index contributed by atoms with van der Waals surface area (Å²) in [6, 6.07) is 20.5. The number of rotatable bonds is 7. The predicted octanol–water partition coefficient (Wildman–Crippen LogP) is 6.32. The number of aromatic nitrogens is 2. The molecule has 3 aromatic carbocycles. The van der Waals surface area contributed by atoms with Gasteiger partial charge in [-0.3, -0.25) is 0 Å². The fourth-order valence-corrected chi connectivity index (χ4v) is 3.84. The molecule has 0 aliphatic rings. The van der Waals surface area contributed by atoms with Crippen LogP contribution >= 0.6 is 15.9 Å². The van der Waals surface area contributed by atoms with Gasteiger partial charge in [0.05, 0.1) is 28.7 Å². The van der Waals surface area contributed by atoms with E-state index in [1.165, 1.54) is 11.1 Å². The molecule has 0 amide bonds. The maximum absolute atomic E-state index is 6.09. The number of ether oxygens (including phenoxy) is 2. The lowest BCUT2D eigenvalue weighted by Crippen LogP contribution is -2.04. The van der Waals surface area contributed by atoms with Gasteiger partial charge in [0.2, 0.25) is 0 Å². The highest BCUT2D eigenvalue weighted by Crippen LogP contribution is 2.39. The van der Waals surface area contributed by atoms with Gasteiger partial charge in [-0.05, 0) is 65.2 Å². The van der Waals surface area contributed by atoms with Crippen LogP contribution in [0.4, 0.5) is 0 Å². The zero-order chi connectivity index (χ0) is 20.2. The first-order valence-electron chi connectivity index (χ1n) is 9.74. The molecule has 0 saturated carbocycles. The minimum Gasteiger partial charge on any atom is -0.490 e. The molecule has 4 aromatic rings. The first-order chi connectivity index (χ1) is 14.1. The number of aromatic amines is 1. The zero-order valence-electron chi connectivity index (χ0n) is 16.5. The van der Waals surface area contributed by atoms with Gasteiger partial charge in [0.25, 0.3) is 0 Å². The lowest BCUT2D eigenvalue weighted by molar-refractivity contribution is 0.278. The molecule has 0 aliphatic heterocycles. The van der Waals surface area contributed by atoms with Gasteiger partial charge in [0.1, 0.15) is 5.82 Å². The van der Waals surface area contributed by atoms with Gasteiger partial charge >= 0.3 is 0 Å². The van der Waals surface area contributed by atoms with Crippen molar-refractivity contribution in [1.82, 2.24) is 9.97 Å². The monoisotopic (exact) mass is 450 g/mol. The van der Waals surface area contributed by atoms with Crippen molar-refractivity contribution < 1.29 is 9.47 Å². The fraction of sp³-hybridized carbons (Fsp3) is 0.208. The van der Waals surface area contributed by atoms with Crippen molar-refractivity contribution >= 4 is 27.0 Å². The summed E-state index contributed by atoms with van der Waals surface area (Å²) >= 11 is 3.66. The van der Waals surface area contributed by atoms with E-state index in [0.29, 0.717) is 19.0 Å². The van der Waals surface area contributed by atoms with Crippen LogP contribution in [0.3, 0.4) is 0 Å². The largest absolute Gasteiger partial charge is 0.490 e. The van der Waals surface area contributed by atoms with Gasteiger partial charge in [0, 0.05) is 12.0 Å². The van der Waals surface area contributed by atoms with Gasteiger partial charge in [-0.1, -0.05) is 36.4 Å². The van der Waals surface area contributed by atoms with Gasteiger partial charge in [0.15, 0.2) is 11.5 Å². The molecule has 1 aromatic heterocycles. The van der Waals surface area contributed by atoms with E-state index in [4.69, 9.17) is 14.5 Å². The van der Waals surface area contributed by atoms with Crippen LogP contribution in [-0.4, -0.2) is 23.2 Å². The van der Waals surface area contributed by atoms with E-state index in [2.05, 4.69) is 52.1 Å². The molecule has 1 heterocycles. The summed E-state index contributed by atoms with van der Waals surface area (Å²) in [5, 5.41) is 0. The van der Waals surface area contributed by atoms with Crippen LogP contribution in [-0.2, 0) is 6.42 Å². The first kappa shape index (κ1) is 19.5. The molecule has 0 bridgehead atoms. The van der Waals surface area contributed by atoms with E-state index in [1.807, 2.05) is 43.3 Å². The lowest BCUT2D eigenvalue weighted by Gasteiger charge is -2.15. The van der Waals surface area contributed by atoms with E-state index in [1.54, 1.807) is 0 Å². The van der Waals surface area contributed by atoms with Crippen LogP contribution in [0.1, 0.15) is 18.1 Å². The second-order valence-corrected chi connectivity index (χ2v) is 7.76. The third-order valence-corrected chi connectivity index (χ3v) is 5.29. The highest BCUT2D eigenvalue weighted by Gasteiger charge is 2.15. The standard InChI is InChI=1S/C24H23BrN2O2/c1-3-28-22-15-18(24-26-20-10-9-16(2)13-21(20)27-24)14-19(25)23(22)29-12-11-17-7-5-4-6-8-17/h4-10,13-15H,3,11-12H2,1-2H3,(H,26,27). The number of aryl methyl sites for hydroxylation is 1. The van der Waals surface area contributed by atoms with Crippen LogP contribution in [0.15, 0.2) is 65.1 Å². The minimum absolute atomic E-state index is 0.560. The summed E-state index contributed by atoms with van der Waals surface area (Å²) in [4.78, 5) is 8.13. The van der Waals surface area contributed by atoms with Crippen LogP contribution in [0.5, 0.6) is 11.5 Å². The van der Waals surface area contributed by atoms with Gasteiger partial charge in [-0.25, -0.2) is 4.98 Å². The molecular weight excluding hydrogens is 428 g/mol. The molecule has 0 spiro atoms. The number of fused-ring (bicyclic) bond motifs is 1. The minimum atomic E-state index is 0.560. The van der Waals surface area contributed by atoms with Crippen LogP contribution in [0, 0.1) is 6.92 Å². The average molecular weight is 451 g/mol.